The fourth-order valence-electron chi connectivity index (χ4n) is 3.35. The molecular weight excluding hydrogens is 300 g/mol. The zero-order valence-electron chi connectivity index (χ0n) is 12.9. The first kappa shape index (κ1) is 15.8. The number of nitrogens with zero attached hydrogens (tertiary/aromatic N) is 1. The van der Waals surface area contributed by atoms with E-state index in [1.54, 1.807) is 0 Å². The van der Waals surface area contributed by atoms with E-state index in [4.69, 9.17) is 16.3 Å². The summed E-state index contributed by atoms with van der Waals surface area (Å²) in [6, 6.07) is 8.42. The predicted molar refractivity (Wildman–Crippen MR) is 87.1 cm³/mol. The molecule has 0 aromatic heterocycles. The van der Waals surface area contributed by atoms with E-state index >= 15 is 0 Å². The van der Waals surface area contributed by atoms with E-state index in [1.165, 1.54) is 0 Å². The van der Waals surface area contributed by atoms with Gasteiger partial charge in [-0.1, -0.05) is 23.7 Å². The average Bonchev–Trinajstić information content (AvgIpc) is 2.88. The van der Waals surface area contributed by atoms with Crippen molar-refractivity contribution in [2.24, 2.45) is 0 Å². The van der Waals surface area contributed by atoms with Gasteiger partial charge in [0, 0.05) is 36.6 Å². The highest BCUT2D eigenvalue weighted by Gasteiger charge is 2.36. The zero-order valence-corrected chi connectivity index (χ0v) is 13.7. The third-order valence-electron chi connectivity index (χ3n) is 4.51. The van der Waals surface area contributed by atoms with Gasteiger partial charge in [0.2, 0.25) is 5.91 Å². The Morgan fingerprint density at radius 1 is 1.36 bits per heavy atom. The molecule has 22 heavy (non-hydrogen) atoms. The number of hydrogen-bond acceptors (Lipinski definition) is 3. The molecule has 3 rings (SSSR count). The van der Waals surface area contributed by atoms with Crippen LogP contribution < -0.4 is 5.32 Å². The minimum absolute atomic E-state index is 0.133. The van der Waals surface area contributed by atoms with E-state index in [1.807, 2.05) is 24.3 Å². The first-order valence-corrected chi connectivity index (χ1v) is 8.37. The maximum Gasteiger partial charge on any atom is 0.220 e. The number of nitrogens with one attached hydrogen (secondary N) is 1. The van der Waals surface area contributed by atoms with Gasteiger partial charge in [0.25, 0.3) is 0 Å². The Morgan fingerprint density at radius 3 is 2.91 bits per heavy atom. The van der Waals surface area contributed by atoms with Gasteiger partial charge < -0.3 is 10.1 Å². The normalized spacial score (nSPS) is 28.4. The maximum atomic E-state index is 12.1. The Labute approximate surface area is 136 Å². The molecule has 5 heteroatoms. The summed E-state index contributed by atoms with van der Waals surface area (Å²) in [6.45, 7) is 4.82. The maximum absolute atomic E-state index is 12.1. The minimum Gasteiger partial charge on any atom is -0.376 e. The second-order valence-corrected chi connectivity index (χ2v) is 6.81. The van der Waals surface area contributed by atoms with Crippen molar-refractivity contribution >= 4 is 17.5 Å². The fourth-order valence-corrected chi connectivity index (χ4v) is 3.48. The van der Waals surface area contributed by atoms with Gasteiger partial charge in [-0.25, -0.2) is 0 Å². The number of carbonyl (C=O) groups is 1. The SMILES string of the molecule is C[C@@H]1CN2C[C@H](NC(=O)CCc3ccc(Cl)cc3)C[C@H]2CO1. The number of hydrogen-bond donors (Lipinski definition) is 1. The number of ether oxygens (including phenoxy) is 1. The molecule has 0 unspecified atom stereocenters. The molecule has 3 atom stereocenters. The van der Waals surface area contributed by atoms with Crippen LogP contribution in [0.25, 0.3) is 0 Å². The number of amides is 1. The molecule has 2 aliphatic heterocycles. The molecule has 0 aliphatic carbocycles. The van der Waals surface area contributed by atoms with E-state index in [0.717, 1.165) is 43.1 Å². The Hall–Kier alpha value is -1.10. The van der Waals surface area contributed by atoms with Crippen molar-refractivity contribution in [3.63, 3.8) is 0 Å². The molecule has 1 amide bonds. The first-order valence-electron chi connectivity index (χ1n) is 7.99. The number of halogens is 1. The van der Waals surface area contributed by atoms with Crippen LogP contribution in [0.3, 0.4) is 0 Å². The molecule has 4 nitrogen and oxygen atoms in total. The summed E-state index contributed by atoms with van der Waals surface area (Å²) >= 11 is 5.86. The molecular formula is C17H23ClN2O2. The third-order valence-corrected chi connectivity index (χ3v) is 4.76. The van der Waals surface area contributed by atoms with Crippen molar-refractivity contribution in [1.29, 1.82) is 0 Å². The summed E-state index contributed by atoms with van der Waals surface area (Å²) in [5.74, 6) is 0.133. The van der Waals surface area contributed by atoms with Gasteiger partial charge in [0.05, 0.1) is 12.7 Å². The van der Waals surface area contributed by atoms with Crippen LogP contribution in [0.4, 0.5) is 0 Å². The summed E-state index contributed by atoms with van der Waals surface area (Å²) in [5.41, 5.74) is 1.14. The van der Waals surface area contributed by atoms with Crippen molar-refractivity contribution in [1.82, 2.24) is 10.2 Å². The van der Waals surface area contributed by atoms with Crippen LogP contribution in [0.15, 0.2) is 24.3 Å². The second kappa shape index (κ2) is 6.99. The molecule has 2 aliphatic rings. The molecule has 0 radical (unpaired) electrons. The van der Waals surface area contributed by atoms with Crippen LogP contribution in [0.5, 0.6) is 0 Å². The predicted octanol–water partition coefficient (Wildman–Crippen LogP) is 2.25. The van der Waals surface area contributed by atoms with Gasteiger partial charge in [0.15, 0.2) is 0 Å². The van der Waals surface area contributed by atoms with Crippen LogP contribution in [0, 0.1) is 0 Å². The molecule has 120 valence electrons. The molecule has 0 spiro atoms. The zero-order chi connectivity index (χ0) is 15.5. The monoisotopic (exact) mass is 322 g/mol. The fraction of sp³-hybridized carbons (Fsp3) is 0.588. The lowest BCUT2D eigenvalue weighted by molar-refractivity contribution is -0.121. The Bertz CT molecular complexity index is 520. The lowest BCUT2D eigenvalue weighted by atomic mass is 10.1. The van der Waals surface area contributed by atoms with Crippen LogP contribution in [0.2, 0.25) is 5.02 Å². The molecule has 2 saturated heterocycles. The number of aryl methyl sites for hydroxylation is 1. The first-order chi connectivity index (χ1) is 10.6. The largest absolute Gasteiger partial charge is 0.376 e. The van der Waals surface area contributed by atoms with Crippen molar-refractivity contribution < 1.29 is 9.53 Å². The molecule has 1 aromatic carbocycles. The Morgan fingerprint density at radius 2 is 2.14 bits per heavy atom. The van der Waals surface area contributed by atoms with Crippen molar-refractivity contribution in [2.75, 3.05) is 19.7 Å². The molecule has 2 heterocycles. The van der Waals surface area contributed by atoms with E-state index in [9.17, 15) is 4.79 Å². The van der Waals surface area contributed by atoms with E-state index in [2.05, 4.69) is 17.1 Å². The van der Waals surface area contributed by atoms with Crippen molar-refractivity contribution in [3.8, 4) is 0 Å². The molecule has 2 fully saturated rings. The van der Waals surface area contributed by atoms with E-state index < -0.39 is 0 Å². The molecule has 1 N–H and O–H groups in total. The highest BCUT2D eigenvalue weighted by atomic mass is 35.5. The van der Waals surface area contributed by atoms with Gasteiger partial charge in [-0.05, 0) is 37.5 Å². The minimum atomic E-state index is 0.133. The van der Waals surface area contributed by atoms with Gasteiger partial charge in [-0.15, -0.1) is 0 Å². The summed E-state index contributed by atoms with van der Waals surface area (Å²) < 4.78 is 5.69. The van der Waals surface area contributed by atoms with Gasteiger partial charge in [-0.2, -0.15) is 0 Å². The number of morpholine rings is 1. The molecule has 1 aromatic rings. The highest BCUT2D eigenvalue weighted by molar-refractivity contribution is 6.30. The van der Waals surface area contributed by atoms with Crippen LogP contribution in [0.1, 0.15) is 25.3 Å². The lowest BCUT2D eigenvalue weighted by Gasteiger charge is -2.33. The van der Waals surface area contributed by atoms with E-state index in [-0.39, 0.29) is 11.9 Å². The van der Waals surface area contributed by atoms with Crippen LogP contribution in [-0.4, -0.2) is 48.7 Å². The number of benzene rings is 1. The van der Waals surface area contributed by atoms with Gasteiger partial charge >= 0.3 is 0 Å². The van der Waals surface area contributed by atoms with Gasteiger partial charge in [0.1, 0.15) is 0 Å². The summed E-state index contributed by atoms with van der Waals surface area (Å²) in [7, 11) is 0. The Kier molecular flexibility index (Phi) is 5.01. The van der Waals surface area contributed by atoms with E-state index in [0.29, 0.717) is 18.6 Å². The number of rotatable bonds is 4. The summed E-state index contributed by atoms with van der Waals surface area (Å²) in [4.78, 5) is 14.6. The lowest BCUT2D eigenvalue weighted by Crippen LogP contribution is -2.45. The highest BCUT2D eigenvalue weighted by Crippen LogP contribution is 2.23. The topological polar surface area (TPSA) is 41.6 Å². The molecule has 0 bridgehead atoms. The average molecular weight is 323 g/mol. The van der Waals surface area contributed by atoms with Crippen molar-refractivity contribution in [3.05, 3.63) is 34.9 Å². The van der Waals surface area contributed by atoms with Crippen LogP contribution in [-0.2, 0) is 16.0 Å². The number of fused-ring (bicyclic) bond motifs is 1. The smallest absolute Gasteiger partial charge is 0.220 e. The Balaban J connectivity index is 1.43. The molecule has 0 saturated carbocycles. The van der Waals surface area contributed by atoms with Crippen LogP contribution >= 0.6 is 11.6 Å². The van der Waals surface area contributed by atoms with Gasteiger partial charge in [-0.3, -0.25) is 9.69 Å². The second-order valence-electron chi connectivity index (χ2n) is 6.38. The third kappa shape index (κ3) is 4.00. The summed E-state index contributed by atoms with van der Waals surface area (Å²) in [6.07, 6.45) is 2.58. The summed E-state index contributed by atoms with van der Waals surface area (Å²) in [5, 5.41) is 3.90. The number of carbonyl (C=O) groups excluding carboxylic acids is 1. The van der Waals surface area contributed by atoms with Crippen molar-refractivity contribution in [2.45, 2.75) is 44.4 Å². The standard InChI is InChI=1S/C17H23ClN2O2/c1-12-9-20-10-15(8-16(20)11-22-12)19-17(21)7-4-13-2-5-14(18)6-3-13/h2-3,5-6,12,15-16H,4,7-11H2,1H3,(H,19,21)/t12-,15-,16+/m1/s1. The quantitative estimate of drug-likeness (QED) is 0.924.